The molecule has 1 saturated heterocycles. The number of aryl methyl sites for hydroxylation is 1. The highest BCUT2D eigenvalue weighted by molar-refractivity contribution is 5.76. The molecule has 1 aromatic heterocycles. The van der Waals surface area contributed by atoms with Crippen LogP contribution >= 0.6 is 0 Å². The molecular weight excluding hydrogens is 288 g/mol. The second-order valence-electron chi connectivity index (χ2n) is 6.92. The maximum absolute atomic E-state index is 12.5. The Kier molecular flexibility index (Phi) is 6.34. The summed E-state index contributed by atoms with van der Waals surface area (Å²) in [4.78, 5) is 18.5. The Morgan fingerprint density at radius 1 is 1.48 bits per heavy atom. The van der Waals surface area contributed by atoms with E-state index < -0.39 is 0 Å². The lowest BCUT2D eigenvalue weighted by Gasteiger charge is -2.41. The fourth-order valence-corrected chi connectivity index (χ4v) is 3.16. The van der Waals surface area contributed by atoms with Crippen LogP contribution in [0.2, 0.25) is 0 Å². The normalized spacial score (nSPS) is 21.1. The number of carbonyl (C=O) groups excluding carboxylic acids is 1. The molecule has 2 heterocycles. The number of aliphatic hydroxyl groups excluding tert-OH is 1. The fourth-order valence-electron chi connectivity index (χ4n) is 3.16. The van der Waals surface area contributed by atoms with Crippen LogP contribution < -0.4 is 0 Å². The third-order valence-electron chi connectivity index (χ3n) is 4.64. The van der Waals surface area contributed by atoms with Crippen LogP contribution in [-0.2, 0) is 11.2 Å². The van der Waals surface area contributed by atoms with Gasteiger partial charge >= 0.3 is 0 Å². The van der Waals surface area contributed by atoms with E-state index in [9.17, 15) is 9.90 Å². The van der Waals surface area contributed by atoms with E-state index in [4.69, 9.17) is 0 Å². The van der Waals surface area contributed by atoms with Gasteiger partial charge in [0.2, 0.25) is 5.91 Å². The van der Waals surface area contributed by atoms with Crippen LogP contribution in [0.3, 0.4) is 0 Å². The van der Waals surface area contributed by atoms with Crippen LogP contribution in [-0.4, -0.2) is 40.6 Å². The highest BCUT2D eigenvalue weighted by Gasteiger charge is 2.35. The largest absolute Gasteiger partial charge is 0.396 e. The molecule has 1 N–H and O–H groups in total. The SMILES string of the molecule is CC(C)=CC[C@]1(CO)CCCN(C(=O)CCc2cccnc2)C1. The molecule has 0 spiro atoms. The number of allylic oxidation sites excluding steroid dienone is 2. The van der Waals surface area contributed by atoms with Crippen LogP contribution in [0.1, 0.15) is 45.1 Å². The second kappa shape index (κ2) is 8.25. The molecule has 126 valence electrons. The molecule has 1 aromatic rings. The topological polar surface area (TPSA) is 53.4 Å². The van der Waals surface area contributed by atoms with Crippen LogP contribution in [0.25, 0.3) is 0 Å². The van der Waals surface area contributed by atoms with Gasteiger partial charge in [-0.15, -0.1) is 0 Å². The second-order valence-corrected chi connectivity index (χ2v) is 6.92. The van der Waals surface area contributed by atoms with Crippen molar-refractivity contribution in [2.24, 2.45) is 5.41 Å². The summed E-state index contributed by atoms with van der Waals surface area (Å²) in [5, 5.41) is 9.89. The van der Waals surface area contributed by atoms with E-state index in [1.54, 1.807) is 6.20 Å². The summed E-state index contributed by atoms with van der Waals surface area (Å²) in [6.45, 7) is 5.76. The van der Waals surface area contributed by atoms with Crippen molar-refractivity contribution < 1.29 is 9.90 Å². The number of hydrogen-bond acceptors (Lipinski definition) is 3. The smallest absolute Gasteiger partial charge is 0.222 e. The number of rotatable bonds is 6. The summed E-state index contributed by atoms with van der Waals surface area (Å²) >= 11 is 0. The first-order chi connectivity index (χ1) is 11.0. The van der Waals surface area contributed by atoms with Crippen molar-refractivity contribution in [1.82, 2.24) is 9.88 Å². The molecule has 4 nitrogen and oxygen atoms in total. The molecule has 2 rings (SSSR count). The number of hydrogen-bond donors (Lipinski definition) is 1. The number of likely N-dealkylation sites (tertiary alicyclic amines) is 1. The van der Waals surface area contributed by atoms with E-state index in [0.29, 0.717) is 13.0 Å². The maximum Gasteiger partial charge on any atom is 0.222 e. The van der Waals surface area contributed by atoms with Crippen LogP contribution in [0.5, 0.6) is 0 Å². The van der Waals surface area contributed by atoms with E-state index in [-0.39, 0.29) is 17.9 Å². The fraction of sp³-hybridized carbons (Fsp3) is 0.579. The Morgan fingerprint density at radius 3 is 2.96 bits per heavy atom. The van der Waals surface area contributed by atoms with E-state index in [1.165, 1.54) is 5.57 Å². The monoisotopic (exact) mass is 316 g/mol. The first-order valence-electron chi connectivity index (χ1n) is 8.46. The average Bonchev–Trinajstić information content (AvgIpc) is 2.59. The molecule has 0 bridgehead atoms. The van der Waals surface area contributed by atoms with E-state index in [1.807, 2.05) is 23.2 Å². The minimum atomic E-state index is -0.167. The van der Waals surface area contributed by atoms with Gasteiger partial charge in [0.25, 0.3) is 0 Å². The summed E-state index contributed by atoms with van der Waals surface area (Å²) in [7, 11) is 0. The first kappa shape index (κ1) is 17.7. The number of carbonyl (C=O) groups is 1. The number of nitrogens with zero attached hydrogens (tertiary/aromatic N) is 2. The standard InChI is InChI=1S/C19H28N2O2/c1-16(2)8-10-19(15-22)9-4-12-21(14-19)18(23)7-6-17-5-3-11-20-13-17/h3,5,8,11,13,22H,4,6-7,9-10,12,14-15H2,1-2H3/t19-/m1/s1. The molecule has 4 heteroatoms. The van der Waals surface area contributed by atoms with Crippen molar-refractivity contribution >= 4 is 5.91 Å². The lowest BCUT2D eigenvalue weighted by atomic mass is 9.77. The molecular formula is C19H28N2O2. The van der Waals surface area contributed by atoms with Crippen molar-refractivity contribution in [2.75, 3.05) is 19.7 Å². The molecule has 1 aliphatic rings. The zero-order valence-electron chi connectivity index (χ0n) is 14.3. The Hall–Kier alpha value is -1.68. The molecule has 1 fully saturated rings. The zero-order valence-corrected chi connectivity index (χ0v) is 14.3. The Bertz CT molecular complexity index is 538. The summed E-state index contributed by atoms with van der Waals surface area (Å²) in [6.07, 6.45) is 9.78. The van der Waals surface area contributed by atoms with E-state index in [2.05, 4.69) is 24.9 Å². The molecule has 1 atom stereocenters. The van der Waals surface area contributed by atoms with Crippen LogP contribution in [0, 0.1) is 5.41 Å². The zero-order chi connectivity index (χ0) is 16.7. The minimum Gasteiger partial charge on any atom is -0.396 e. The predicted octanol–water partition coefficient (Wildman–Crippen LogP) is 2.97. The van der Waals surface area contributed by atoms with Gasteiger partial charge in [-0.2, -0.15) is 0 Å². The number of aliphatic hydroxyl groups is 1. The third-order valence-corrected chi connectivity index (χ3v) is 4.64. The molecule has 0 aliphatic carbocycles. The van der Waals surface area contributed by atoms with Gasteiger partial charge in [0.15, 0.2) is 0 Å². The van der Waals surface area contributed by atoms with Crippen LogP contribution in [0.4, 0.5) is 0 Å². The highest BCUT2D eigenvalue weighted by atomic mass is 16.3. The van der Waals surface area contributed by atoms with Gasteiger partial charge in [0.05, 0.1) is 6.61 Å². The molecule has 23 heavy (non-hydrogen) atoms. The Morgan fingerprint density at radius 2 is 2.30 bits per heavy atom. The lowest BCUT2D eigenvalue weighted by Crippen LogP contribution is -2.47. The van der Waals surface area contributed by atoms with Crippen molar-refractivity contribution in [3.05, 3.63) is 41.7 Å². The van der Waals surface area contributed by atoms with Crippen molar-refractivity contribution in [2.45, 2.75) is 46.0 Å². The molecule has 0 aromatic carbocycles. The number of piperidine rings is 1. The summed E-state index contributed by atoms with van der Waals surface area (Å²) in [5.41, 5.74) is 2.19. The molecule has 0 radical (unpaired) electrons. The van der Waals surface area contributed by atoms with Gasteiger partial charge in [-0.05, 0) is 51.2 Å². The van der Waals surface area contributed by atoms with Crippen molar-refractivity contribution in [1.29, 1.82) is 0 Å². The van der Waals surface area contributed by atoms with Crippen molar-refractivity contribution in [3.63, 3.8) is 0 Å². The van der Waals surface area contributed by atoms with Gasteiger partial charge < -0.3 is 10.0 Å². The number of amides is 1. The molecule has 1 amide bonds. The third kappa shape index (κ3) is 5.17. The Balaban J connectivity index is 1.93. The number of aromatic nitrogens is 1. The summed E-state index contributed by atoms with van der Waals surface area (Å²) < 4.78 is 0. The van der Waals surface area contributed by atoms with E-state index >= 15 is 0 Å². The molecule has 1 aliphatic heterocycles. The molecule has 0 unspecified atom stereocenters. The highest BCUT2D eigenvalue weighted by Crippen LogP contribution is 2.34. The maximum atomic E-state index is 12.5. The van der Waals surface area contributed by atoms with Crippen molar-refractivity contribution in [3.8, 4) is 0 Å². The Labute approximate surface area is 139 Å². The number of pyridine rings is 1. The molecule has 0 saturated carbocycles. The van der Waals surface area contributed by atoms with Gasteiger partial charge in [-0.1, -0.05) is 17.7 Å². The minimum absolute atomic E-state index is 0.142. The average molecular weight is 316 g/mol. The van der Waals surface area contributed by atoms with Crippen LogP contribution in [0.15, 0.2) is 36.2 Å². The van der Waals surface area contributed by atoms with Gasteiger partial charge in [0, 0.05) is 37.3 Å². The van der Waals surface area contributed by atoms with Gasteiger partial charge in [-0.25, -0.2) is 0 Å². The van der Waals surface area contributed by atoms with E-state index in [0.717, 1.165) is 37.8 Å². The first-order valence-corrected chi connectivity index (χ1v) is 8.46. The van der Waals surface area contributed by atoms with Gasteiger partial charge in [0.1, 0.15) is 0 Å². The lowest BCUT2D eigenvalue weighted by molar-refractivity contribution is -0.135. The predicted molar refractivity (Wildman–Crippen MR) is 91.9 cm³/mol. The quantitative estimate of drug-likeness (QED) is 0.821. The summed E-state index contributed by atoms with van der Waals surface area (Å²) in [6, 6.07) is 3.90. The summed E-state index contributed by atoms with van der Waals surface area (Å²) in [5.74, 6) is 0.184. The van der Waals surface area contributed by atoms with Gasteiger partial charge in [-0.3, -0.25) is 9.78 Å².